The molecular formula is C16H17NOS. The number of fused-ring (bicyclic) bond motifs is 1. The van der Waals surface area contributed by atoms with Crippen molar-refractivity contribution in [3.05, 3.63) is 48.0 Å². The lowest BCUT2D eigenvalue weighted by Gasteiger charge is -2.14. The molecule has 0 spiro atoms. The van der Waals surface area contributed by atoms with Crippen LogP contribution in [0.3, 0.4) is 0 Å². The van der Waals surface area contributed by atoms with Crippen LogP contribution in [0, 0.1) is 0 Å². The molecule has 1 heterocycles. The number of rotatable bonds is 3. The Morgan fingerprint density at radius 1 is 1.21 bits per heavy atom. The van der Waals surface area contributed by atoms with Gasteiger partial charge < -0.3 is 10.1 Å². The number of hydrogen-bond donors (Lipinski definition) is 1. The van der Waals surface area contributed by atoms with Crippen LogP contribution in [0.25, 0.3) is 10.8 Å². The first-order valence-corrected chi connectivity index (χ1v) is 7.13. The minimum atomic E-state index is 0.313. The van der Waals surface area contributed by atoms with E-state index in [1.54, 1.807) is 0 Å². The van der Waals surface area contributed by atoms with Gasteiger partial charge in [-0.25, -0.2) is 0 Å². The van der Waals surface area contributed by atoms with E-state index in [4.69, 9.17) is 17.0 Å². The van der Waals surface area contributed by atoms with Crippen LogP contribution >= 0.6 is 12.2 Å². The number of nitrogens with one attached hydrogen (secondary N) is 1. The fourth-order valence-electron chi connectivity index (χ4n) is 2.53. The number of ether oxygens (including phenoxy) is 1. The zero-order chi connectivity index (χ0) is 13.1. The Bertz CT molecular complexity index is 585. The summed E-state index contributed by atoms with van der Waals surface area (Å²) in [6.07, 6.45) is 2.60. The summed E-state index contributed by atoms with van der Waals surface area (Å²) in [6, 6.07) is 14.6. The monoisotopic (exact) mass is 271 g/mol. The first kappa shape index (κ1) is 12.6. The summed E-state index contributed by atoms with van der Waals surface area (Å²) in [5, 5.41) is 5.77. The number of thiocarbonyl (C=S) groups is 1. The molecule has 1 fully saturated rings. The maximum absolute atomic E-state index is 5.60. The van der Waals surface area contributed by atoms with Crippen molar-refractivity contribution in [2.24, 2.45) is 0 Å². The van der Waals surface area contributed by atoms with Gasteiger partial charge in [0, 0.05) is 18.7 Å². The third kappa shape index (κ3) is 2.77. The molecule has 0 unspecified atom stereocenters. The smallest absolute Gasteiger partial charge is 0.107 e. The van der Waals surface area contributed by atoms with Gasteiger partial charge in [-0.2, -0.15) is 0 Å². The highest BCUT2D eigenvalue weighted by molar-refractivity contribution is 7.80. The van der Waals surface area contributed by atoms with Gasteiger partial charge in [0.2, 0.25) is 0 Å². The average molecular weight is 271 g/mol. The predicted molar refractivity (Wildman–Crippen MR) is 82.6 cm³/mol. The highest BCUT2D eigenvalue weighted by Gasteiger charge is 2.16. The van der Waals surface area contributed by atoms with Gasteiger partial charge in [0.15, 0.2) is 0 Å². The lowest BCUT2D eigenvalue weighted by molar-refractivity contribution is 0.114. The van der Waals surface area contributed by atoms with E-state index in [0.29, 0.717) is 6.10 Å². The Morgan fingerprint density at radius 2 is 2.05 bits per heavy atom. The number of hydrogen-bond acceptors (Lipinski definition) is 2. The highest BCUT2D eigenvalue weighted by Crippen LogP contribution is 2.19. The predicted octanol–water partition coefficient (Wildman–Crippen LogP) is 3.28. The summed E-state index contributed by atoms with van der Waals surface area (Å²) in [5.41, 5.74) is 1.10. The molecule has 0 aromatic heterocycles. The molecule has 3 heteroatoms. The molecule has 98 valence electrons. The molecule has 2 nitrogen and oxygen atoms in total. The van der Waals surface area contributed by atoms with Gasteiger partial charge in [-0.15, -0.1) is 0 Å². The van der Waals surface area contributed by atoms with E-state index in [9.17, 15) is 0 Å². The molecule has 1 aliphatic rings. The zero-order valence-corrected chi connectivity index (χ0v) is 11.6. The second-order valence-electron chi connectivity index (χ2n) is 4.87. The van der Waals surface area contributed by atoms with E-state index in [-0.39, 0.29) is 0 Å². The Balaban J connectivity index is 1.77. The zero-order valence-electron chi connectivity index (χ0n) is 10.8. The first-order chi connectivity index (χ1) is 9.34. The molecule has 2 aromatic carbocycles. The van der Waals surface area contributed by atoms with Crippen molar-refractivity contribution in [1.29, 1.82) is 0 Å². The number of benzene rings is 2. The van der Waals surface area contributed by atoms with E-state index < -0.39 is 0 Å². The van der Waals surface area contributed by atoms with Crippen LogP contribution in [-0.4, -0.2) is 24.2 Å². The fraction of sp³-hybridized carbons (Fsp3) is 0.312. The summed E-state index contributed by atoms with van der Waals surface area (Å²) in [7, 11) is 0. The molecular weight excluding hydrogens is 254 g/mol. The second-order valence-corrected chi connectivity index (χ2v) is 5.28. The van der Waals surface area contributed by atoms with Gasteiger partial charge in [-0.1, -0.05) is 54.7 Å². The van der Waals surface area contributed by atoms with Crippen molar-refractivity contribution in [2.45, 2.75) is 18.9 Å². The summed E-state index contributed by atoms with van der Waals surface area (Å²) >= 11 is 5.52. The van der Waals surface area contributed by atoms with E-state index in [1.165, 1.54) is 10.8 Å². The molecule has 1 atom stereocenters. The summed E-state index contributed by atoms with van der Waals surface area (Å²) in [6.45, 7) is 1.69. The molecule has 0 bridgehead atoms. The van der Waals surface area contributed by atoms with Crippen LogP contribution in [0.4, 0.5) is 0 Å². The van der Waals surface area contributed by atoms with Crippen molar-refractivity contribution < 1.29 is 4.74 Å². The van der Waals surface area contributed by atoms with Gasteiger partial charge in [-0.05, 0) is 23.6 Å². The molecule has 0 amide bonds. The third-order valence-corrected chi connectivity index (χ3v) is 3.91. The Hall–Kier alpha value is -1.45. The van der Waals surface area contributed by atoms with Crippen LogP contribution in [-0.2, 0) is 4.74 Å². The Kier molecular flexibility index (Phi) is 3.76. The van der Waals surface area contributed by atoms with Gasteiger partial charge in [0.05, 0.1) is 6.10 Å². The Morgan fingerprint density at radius 3 is 2.89 bits per heavy atom. The minimum absolute atomic E-state index is 0.313. The van der Waals surface area contributed by atoms with Crippen molar-refractivity contribution >= 4 is 28.0 Å². The first-order valence-electron chi connectivity index (χ1n) is 6.72. The van der Waals surface area contributed by atoms with E-state index in [1.807, 2.05) is 0 Å². The van der Waals surface area contributed by atoms with Crippen molar-refractivity contribution in [3.8, 4) is 0 Å². The molecule has 1 N–H and O–H groups in total. The van der Waals surface area contributed by atoms with Crippen LogP contribution in [0.15, 0.2) is 42.5 Å². The topological polar surface area (TPSA) is 21.3 Å². The van der Waals surface area contributed by atoms with Crippen molar-refractivity contribution in [1.82, 2.24) is 5.32 Å². The van der Waals surface area contributed by atoms with Gasteiger partial charge >= 0.3 is 0 Å². The Labute approximate surface area is 118 Å². The lowest BCUT2D eigenvalue weighted by Crippen LogP contribution is -2.31. The molecule has 0 radical (unpaired) electrons. The van der Waals surface area contributed by atoms with Crippen LogP contribution in [0.2, 0.25) is 0 Å². The maximum Gasteiger partial charge on any atom is 0.107 e. The van der Waals surface area contributed by atoms with Crippen LogP contribution in [0.5, 0.6) is 0 Å². The maximum atomic E-state index is 5.60. The molecule has 2 aromatic rings. The van der Waals surface area contributed by atoms with E-state index in [0.717, 1.165) is 36.5 Å². The summed E-state index contributed by atoms with van der Waals surface area (Å²) in [4.78, 5) is 0.812. The van der Waals surface area contributed by atoms with Crippen LogP contribution < -0.4 is 5.32 Å². The van der Waals surface area contributed by atoms with Gasteiger partial charge in [-0.3, -0.25) is 0 Å². The minimum Gasteiger partial charge on any atom is -0.376 e. The normalized spacial score (nSPS) is 18.6. The fourth-order valence-corrected chi connectivity index (χ4v) is 2.79. The molecule has 1 saturated heterocycles. The average Bonchev–Trinajstić information content (AvgIpc) is 2.97. The van der Waals surface area contributed by atoms with Crippen molar-refractivity contribution in [2.75, 3.05) is 13.2 Å². The summed E-state index contributed by atoms with van der Waals surface area (Å²) in [5.74, 6) is 0. The SMILES string of the molecule is S=C(NC[C@@H]1CCCO1)c1cccc2ccccc12. The third-order valence-electron chi connectivity index (χ3n) is 3.55. The quantitative estimate of drug-likeness (QED) is 0.866. The van der Waals surface area contributed by atoms with Gasteiger partial charge in [0.1, 0.15) is 4.99 Å². The highest BCUT2D eigenvalue weighted by atomic mass is 32.1. The molecule has 19 heavy (non-hydrogen) atoms. The van der Waals surface area contributed by atoms with E-state index in [2.05, 4.69) is 47.8 Å². The summed E-state index contributed by atoms with van der Waals surface area (Å²) < 4.78 is 5.60. The van der Waals surface area contributed by atoms with Crippen LogP contribution in [0.1, 0.15) is 18.4 Å². The molecule has 0 aliphatic carbocycles. The molecule has 0 saturated carbocycles. The second kappa shape index (κ2) is 5.68. The van der Waals surface area contributed by atoms with Crippen molar-refractivity contribution in [3.63, 3.8) is 0 Å². The molecule has 3 rings (SSSR count). The largest absolute Gasteiger partial charge is 0.376 e. The lowest BCUT2D eigenvalue weighted by atomic mass is 10.0. The molecule has 1 aliphatic heterocycles. The van der Waals surface area contributed by atoms with E-state index >= 15 is 0 Å². The standard InChI is InChI=1S/C16H17NOS/c19-16(17-11-13-7-4-10-18-13)15-9-3-6-12-5-1-2-8-14(12)15/h1-3,5-6,8-9,13H,4,7,10-11H2,(H,17,19)/t13-/m0/s1. The van der Waals surface area contributed by atoms with Gasteiger partial charge in [0.25, 0.3) is 0 Å².